The molecule has 4 heteroatoms. The van der Waals surface area contributed by atoms with Gasteiger partial charge in [-0.05, 0) is 24.9 Å². The van der Waals surface area contributed by atoms with Gasteiger partial charge in [-0.1, -0.05) is 35.5 Å². The molecule has 1 aliphatic rings. The second kappa shape index (κ2) is 5.68. The lowest BCUT2D eigenvalue weighted by Gasteiger charge is -2.03. The maximum atomic E-state index is 8.39. The van der Waals surface area contributed by atoms with Crippen molar-refractivity contribution in [3.8, 4) is 0 Å². The minimum atomic E-state index is 0.308. The Morgan fingerprint density at radius 1 is 1.41 bits per heavy atom. The van der Waals surface area contributed by atoms with Gasteiger partial charge in [0.15, 0.2) is 0 Å². The van der Waals surface area contributed by atoms with Crippen LogP contribution in [0.1, 0.15) is 30.7 Å². The van der Waals surface area contributed by atoms with Gasteiger partial charge in [-0.3, -0.25) is 0 Å². The quantitative estimate of drug-likeness (QED) is 0.230. The Bertz CT molecular complexity index is 378. The van der Waals surface area contributed by atoms with Gasteiger partial charge >= 0.3 is 0 Å². The summed E-state index contributed by atoms with van der Waals surface area (Å²) in [7, 11) is 0. The fraction of sp³-hybridized carbons (Fsp3) is 0.462. The first-order chi connectivity index (χ1) is 8.31. The van der Waals surface area contributed by atoms with Crippen LogP contribution in [0.2, 0.25) is 0 Å². The van der Waals surface area contributed by atoms with E-state index in [1.807, 2.05) is 6.07 Å². The normalized spacial score (nSPS) is 23.6. The van der Waals surface area contributed by atoms with E-state index in [1.165, 1.54) is 12.0 Å². The van der Waals surface area contributed by atoms with Crippen molar-refractivity contribution in [2.45, 2.75) is 31.2 Å². The molecular formula is C13H19N3O. The molecule has 1 aliphatic carbocycles. The molecule has 1 aromatic rings. The van der Waals surface area contributed by atoms with Crippen molar-refractivity contribution in [1.82, 2.24) is 5.32 Å². The second-order valence-corrected chi connectivity index (χ2v) is 4.51. The van der Waals surface area contributed by atoms with E-state index in [-0.39, 0.29) is 0 Å². The Morgan fingerprint density at radius 2 is 2.18 bits per heavy atom. The Balaban J connectivity index is 1.64. The van der Waals surface area contributed by atoms with Crippen LogP contribution >= 0.6 is 0 Å². The Labute approximate surface area is 102 Å². The number of nitrogens with one attached hydrogen (secondary N) is 1. The lowest BCUT2D eigenvalue weighted by Crippen LogP contribution is -2.21. The topological polar surface area (TPSA) is 70.6 Å². The Kier molecular flexibility index (Phi) is 3.98. The van der Waals surface area contributed by atoms with Gasteiger partial charge in [0.1, 0.15) is 5.84 Å². The highest BCUT2D eigenvalue weighted by molar-refractivity contribution is 5.79. The standard InChI is InChI=1S/C13H19N3O/c14-13(16-17)7-4-8-15-12-9-11(12)10-5-2-1-3-6-10/h1-3,5-6,11-12,15,17H,4,7-9H2,(H2,14,16). The fourth-order valence-corrected chi connectivity index (χ4v) is 2.10. The number of hydrogen-bond acceptors (Lipinski definition) is 3. The Morgan fingerprint density at radius 3 is 2.88 bits per heavy atom. The van der Waals surface area contributed by atoms with E-state index in [1.54, 1.807) is 0 Å². The number of oxime groups is 1. The minimum Gasteiger partial charge on any atom is -0.409 e. The summed E-state index contributed by atoms with van der Waals surface area (Å²) in [5.74, 6) is 0.974. The van der Waals surface area contributed by atoms with Crippen LogP contribution < -0.4 is 11.1 Å². The van der Waals surface area contributed by atoms with E-state index in [4.69, 9.17) is 10.9 Å². The molecule has 0 bridgehead atoms. The number of hydrogen-bond donors (Lipinski definition) is 3. The van der Waals surface area contributed by atoms with Crippen LogP contribution in [-0.4, -0.2) is 23.6 Å². The highest BCUT2D eigenvalue weighted by Gasteiger charge is 2.37. The van der Waals surface area contributed by atoms with Crippen molar-refractivity contribution in [2.24, 2.45) is 10.9 Å². The number of nitrogens with two attached hydrogens (primary N) is 1. The number of rotatable bonds is 6. The molecule has 2 rings (SSSR count). The van der Waals surface area contributed by atoms with Crippen LogP contribution in [0.3, 0.4) is 0 Å². The van der Waals surface area contributed by atoms with Crippen molar-refractivity contribution in [3.63, 3.8) is 0 Å². The third-order valence-corrected chi connectivity index (χ3v) is 3.16. The summed E-state index contributed by atoms with van der Waals surface area (Å²) in [6.45, 7) is 0.921. The highest BCUT2D eigenvalue weighted by atomic mass is 16.4. The molecule has 17 heavy (non-hydrogen) atoms. The Hall–Kier alpha value is -1.55. The molecule has 0 spiro atoms. The van der Waals surface area contributed by atoms with E-state index < -0.39 is 0 Å². The largest absolute Gasteiger partial charge is 0.409 e. The maximum Gasteiger partial charge on any atom is 0.139 e. The molecule has 0 aromatic heterocycles. The lowest BCUT2D eigenvalue weighted by atomic mass is 10.1. The van der Waals surface area contributed by atoms with Crippen LogP contribution in [0.15, 0.2) is 35.5 Å². The first-order valence-corrected chi connectivity index (χ1v) is 6.06. The first kappa shape index (κ1) is 11.9. The molecule has 0 heterocycles. The van der Waals surface area contributed by atoms with Crippen molar-refractivity contribution >= 4 is 5.84 Å². The maximum absolute atomic E-state index is 8.39. The van der Waals surface area contributed by atoms with Crippen molar-refractivity contribution in [3.05, 3.63) is 35.9 Å². The second-order valence-electron chi connectivity index (χ2n) is 4.51. The van der Waals surface area contributed by atoms with Crippen LogP contribution in [0.5, 0.6) is 0 Å². The zero-order valence-corrected chi connectivity index (χ0v) is 9.84. The van der Waals surface area contributed by atoms with E-state index in [9.17, 15) is 0 Å². The van der Waals surface area contributed by atoms with E-state index >= 15 is 0 Å². The van der Waals surface area contributed by atoms with E-state index in [0.717, 1.165) is 13.0 Å². The van der Waals surface area contributed by atoms with Gasteiger partial charge in [0, 0.05) is 18.4 Å². The fourth-order valence-electron chi connectivity index (χ4n) is 2.10. The third kappa shape index (κ3) is 3.46. The molecular weight excluding hydrogens is 214 g/mol. The molecule has 0 saturated heterocycles. The summed E-state index contributed by atoms with van der Waals surface area (Å²) in [6.07, 6.45) is 2.77. The molecule has 2 atom stereocenters. The third-order valence-electron chi connectivity index (χ3n) is 3.16. The summed E-state index contributed by atoms with van der Waals surface area (Å²) in [6, 6.07) is 11.2. The molecule has 0 amide bonds. The number of nitrogens with zero attached hydrogens (tertiary/aromatic N) is 1. The molecule has 4 N–H and O–H groups in total. The summed E-state index contributed by atoms with van der Waals surface area (Å²) < 4.78 is 0. The van der Waals surface area contributed by atoms with Crippen molar-refractivity contribution in [1.29, 1.82) is 0 Å². The highest BCUT2D eigenvalue weighted by Crippen LogP contribution is 2.40. The predicted molar refractivity (Wildman–Crippen MR) is 68.2 cm³/mol. The average Bonchev–Trinajstić information content (AvgIpc) is 3.15. The molecule has 4 nitrogen and oxygen atoms in total. The average molecular weight is 233 g/mol. The van der Waals surface area contributed by atoms with Crippen molar-refractivity contribution in [2.75, 3.05) is 6.54 Å². The minimum absolute atomic E-state index is 0.308. The summed E-state index contributed by atoms with van der Waals surface area (Å²) in [4.78, 5) is 0. The molecule has 1 aromatic carbocycles. The number of benzene rings is 1. The summed E-state index contributed by atoms with van der Waals surface area (Å²) in [5.41, 5.74) is 6.81. The smallest absolute Gasteiger partial charge is 0.139 e. The van der Waals surface area contributed by atoms with E-state index in [0.29, 0.717) is 24.2 Å². The molecule has 92 valence electrons. The van der Waals surface area contributed by atoms with Gasteiger partial charge in [0.2, 0.25) is 0 Å². The molecule has 2 unspecified atom stereocenters. The zero-order valence-electron chi connectivity index (χ0n) is 9.84. The lowest BCUT2D eigenvalue weighted by molar-refractivity contribution is 0.316. The summed E-state index contributed by atoms with van der Waals surface area (Å²) in [5, 5.41) is 14.8. The van der Waals surface area contributed by atoms with Crippen LogP contribution in [-0.2, 0) is 0 Å². The van der Waals surface area contributed by atoms with Gasteiger partial charge in [0.05, 0.1) is 0 Å². The molecule has 0 radical (unpaired) electrons. The van der Waals surface area contributed by atoms with Gasteiger partial charge in [-0.25, -0.2) is 0 Å². The van der Waals surface area contributed by atoms with Crippen LogP contribution in [0, 0.1) is 0 Å². The van der Waals surface area contributed by atoms with E-state index in [2.05, 4.69) is 34.7 Å². The first-order valence-electron chi connectivity index (χ1n) is 6.06. The molecule has 1 saturated carbocycles. The van der Waals surface area contributed by atoms with Gasteiger partial charge in [0.25, 0.3) is 0 Å². The summed E-state index contributed by atoms with van der Waals surface area (Å²) >= 11 is 0. The molecule has 0 aliphatic heterocycles. The zero-order chi connectivity index (χ0) is 12.1. The number of amidine groups is 1. The van der Waals surface area contributed by atoms with Crippen LogP contribution in [0.25, 0.3) is 0 Å². The predicted octanol–water partition coefficient (Wildman–Crippen LogP) is 1.66. The van der Waals surface area contributed by atoms with Gasteiger partial charge in [-0.2, -0.15) is 0 Å². The van der Waals surface area contributed by atoms with Gasteiger partial charge in [-0.15, -0.1) is 0 Å². The SMILES string of the molecule is NC(CCCNC1CC1c1ccccc1)=NO. The molecule has 1 fully saturated rings. The van der Waals surface area contributed by atoms with Crippen molar-refractivity contribution < 1.29 is 5.21 Å². The van der Waals surface area contributed by atoms with Gasteiger partial charge < -0.3 is 16.3 Å². The van der Waals surface area contributed by atoms with Crippen LogP contribution in [0.4, 0.5) is 0 Å². The monoisotopic (exact) mass is 233 g/mol.